The van der Waals surface area contributed by atoms with Crippen LogP contribution >= 0.6 is 11.3 Å². The lowest BCUT2D eigenvalue weighted by molar-refractivity contribution is 0.976. The number of H-pyrrole nitrogens is 2. The van der Waals surface area contributed by atoms with Gasteiger partial charge in [-0.3, -0.25) is 24.8 Å². The predicted molar refractivity (Wildman–Crippen MR) is 74.6 cm³/mol. The molecule has 7 heteroatoms. The number of nitrogens with one attached hydrogen (secondary N) is 3. The highest BCUT2D eigenvalue weighted by Crippen LogP contribution is 2.18. The molecule has 0 saturated carbocycles. The van der Waals surface area contributed by atoms with Crippen LogP contribution in [0.4, 0.5) is 5.69 Å². The van der Waals surface area contributed by atoms with Gasteiger partial charge in [0.2, 0.25) is 0 Å². The number of anilines is 1. The second-order valence-corrected chi connectivity index (χ2v) is 4.93. The molecule has 0 unspecified atom stereocenters. The standard InChI is InChI=1S/C12H10N4O2S/c17-11-8-2-1-3-9(10(8)12(18)16-15-11)14-5-7-4-13-6-19-7/h1-4,6,14H,5H2,(H,15,17)(H,16,18). The molecule has 0 saturated heterocycles. The number of aromatic amines is 2. The van der Waals surface area contributed by atoms with Gasteiger partial charge in [-0.2, -0.15) is 0 Å². The minimum atomic E-state index is -0.318. The lowest BCUT2D eigenvalue weighted by Crippen LogP contribution is -2.20. The summed E-state index contributed by atoms with van der Waals surface area (Å²) in [6.07, 6.45) is 1.76. The first kappa shape index (κ1) is 11.7. The average molecular weight is 274 g/mol. The number of nitrogens with zero attached hydrogens (tertiary/aromatic N) is 1. The molecule has 0 fully saturated rings. The third kappa shape index (κ3) is 2.15. The summed E-state index contributed by atoms with van der Waals surface area (Å²) in [7, 11) is 0. The number of hydrogen-bond donors (Lipinski definition) is 3. The summed E-state index contributed by atoms with van der Waals surface area (Å²) in [5.41, 5.74) is 1.76. The highest BCUT2D eigenvalue weighted by Gasteiger charge is 2.07. The minimum Gasteiger partial charge on any atom is -0.379 e. The molecule has 0 spiro atoms. The molecule has 3 aromatic rings. The van der Waals surface area contributed by atoms with Crippen molar-refractivity contribution in [3.8, 4) is 0 Å². The van der Waals surface area contributed by atoms with Crippen LogP contribution in [-0.2, 0) is 6.54 Å². The zero-order chi connectivity index (χ0) is 13.2. The lowest BCUT2D eigenvalue weighted by Gasteiger charge is -2.07. The van der Waals surface area contributed by atoms with Crippen molar-refractivity contribution in [1.29, 1.82) is 0 Å². The molecule has 0 atom stereocenters. The third-order valence-electron chi connectivity index (χ3n) is 2.76. The fourth-order valence-electron chi connectivity index (χ4n) is 1.89. The van der Waals surface area contributed by atoms with E-state index in [1.54, 1.807) is 29.9 Å². The van der Waals surface area contributed by atoms with E-state index in [1.807, 2.05) is 0 Å². The molecule has 0 radical (unpaired) electrons. The minimum absolute atomic E-state index is 0.309. The number of fused-ring (bicyclic) bond motifs is 1. The molecule has 0 aliphatic heterocycles. The van der Waals surface area contributed by atoms with Gasteiger partial charge < -0.3 is 5.32 Å². The van der Waals surface area contributed by atoms with Crippen molar-refractivity contribution in [2.45, 2.75) is 6.54 Å². The van der Waals surface area contributed by atoms with E-state index >= 15 is 0 Å². The number of aromatic nitrogens is 3. The van der Waals surface area contributed by atoms with Crippen molar-refractivity contribution in [2.75, 3.05) is 5.32 Å². The summed E-state index contributed by atoms with van der Waals surface area (Å²) >= 11 is 1.53. The van der Waals surface area contributed by atoms with Gasteiger partial charge >= 0.3 is 0 Å². The van der Waals surface area contributed by atoms with Crippen molar-refractivity contribution < 1.29 is 0 Å². The number of hydrogen-bond acceptors (Lipinski definition) is 5. The Labute approximate surface area is 111 Å². The molecular formula is C12H10N4O2S. The Morgan fingerprint density at radius 1 is 1.21 bits per heavy atom. The Morgan fingerprint density at radius 3 is 2.84 bits per heavy atom. The predicted octanol–water partition coefficient (Wildman–Crippen LogP) is 1.28. The molecule has 6 nitrogen and oxygen atoms in total. The highest BCUT2D eigenvalue weighted by molar-refractivity contribution is 7.09. The molecule has 0 aliphatic rings. The summed E-state index contributed by atoms with van der Waals surface area (Å²) in [6, 6.07) is 5.14. The van der Waals surface area contributed by atoms with Gasteiger partial charge in [-0.25, -0.2) is 0 Å². The first-order valence-electron chi connectivity index (χ1n) is 5.60. The van der Waals surface area contributed by atoms with Crippen molar-refractivity contribution in [3.05, 3.63) is 55.5 Å². The van der Waals surface area contributed by atoms with Crippen LogP contribution in [0, 0.1) is 0 Å². The average Bonchev–Trinajstić information content (AvgIpc) is 2.94. The summed E-state index contributed by atoms with van der Waals surface area (Å²) in [6.45, 7) is 0.565. The Kier molecular flexibility index (Phi) is 2.88. The van der Waals surface area contributed by atoms with Crippen LogP contribution in [0.3, 0.4) is 0 Å². The second kappa shape index (κ2) is 4.69. The molecular weight excluding hydrogens is 264 g/mol. The largest absolute Gasteiger partial charge is 0.379 e. The zero-order valence-corrected chi connectivity index (χ0v) is 10.6. The maximum Gasteiger partial charge on any atom is 0.272 e. The highest BCUT2D eigenvalue weighted by atomic mass is 32.1. The normalized spacial score (nSPS) is 10.7. The van der Waals surface area contributed by atoms with Crippen LogP contribution in [0.1, 0.15) is 4.88 Å². The van der Waals surface area contributed by atoms with Crippen LogP contribution in [0.15, 0.2) is 39.5 Å². The van der Waals surface area contributed by atoms with E-state index in [0.29, 0.717) is 23.0 Å². The molecule has 19 heavy (non-hydrogen) atoms. The maximum absolute atomic E-state index is 11.8. The molecule has 1 aromatic carbocycles. The molecule has 0 bridgehead atoms. The topological polar surface area (TPSA) is 90.6 Å². The van der Waals surface area contributed by atoms with Crippen molar-refractivity contribution in [3.63, 3.8) is 0 Å². The first-order valence-corrected chi connectivity index (χ1v) is 6.48. The van der Waals surface area contributed by atoms with Gasteiger partial charge in [-0.05, 0) is 12.1 Å². The van der Waals surface area contributed by atoms with E-state index in [9.17, 15) is 9.59 Å². The Hall–Kier alpha value is -2.41. The monoisotopic (exact) mass is 274 g/mol. The Balaban J connectivity index is 2.06. The smallest absolute Gasteiger partial charge is 0.272 e. The fourth-order valence-corrected chi connectivity index (χ4v) is 2.42. The van der Waals surface area contributed by atoms with Crippen LogP contribution in [0.2, 0.25) is 0 Å². The molecule has 2 heterocycles. The quantitative estimate of drug-likeness (QED) is 0.671. The van der Waals surface area contributed by atoms with E-state index in [4.69, 9.17) is 0 Å². The summed E-state index contributed by atoms with van der Waals surface area (Å²) in [5.74, 6) is 0. The van der Waals surface area contributed by atoms with E-state index in [-0.39, 0.29) is 11.1 Å². The number of benzene rings is 1. The lowest BCUT2D eigenvalue weighted by atomic mass is 10.1. The van der Waals surface area contributed by atoms with Gasteiger partial charge in [0.05, 0.1) is 22.8 Å². The van der Waals surface area contributed by atoms with Gasteiger partial charge in [0.1, 0.15) is 0 Å². The van der Waals surface area contributed by atoms with E-state index in [2.05, 4.69) is 20.5 Å². The molecule has 96 valence electrons. The molecule has 0 amide bonds. The van der Waals surface area contributed by atoms with Crippen molar-refractivity contribution in [2.24, 2.45) is 0 Å². The van der Waals surface area contributed by atoms with E-state index < -0.39 is 0 Å². The van der Waals surface area contributed by atoms with Gasteiger partial charge in [0, 0.05) is 16.8 Å². The van der Waals surface area contributed by atoms with Gasteiger partial charge in [0.15, 0.2) is 0 Å². The second-order valence-electron chi connectivity index (χ2n) is 3.96. The summed E-state index contributed by atoms with van der Waals surface area (Å²) < 4.78 is 0. The fraction of sp³-hybridized carbons (Fsp3) is 0.0833. The van der Waals surface area contributed by atoms with Gasteiger partial charge in [-0.1, -0.05) is 6.07 Å². The third-order valence-corrected chi connectivity index (χ3v) is 3.54. The Bertz CT molecular complexity index is 820. The van der Waals surface area contributed by atoms with E-state index in [0.717, 1.165) is 4.88 Å². The first-order chi connectivity index (χ1) is 9.25. The zero-order valence-electron chi connectivity index (χ0n) is 9.77. The maximum atomic E-state index is 11.8. The van der Waals surface area contributed by atoms with Gasteiger partial charge in [-0.15, -0.1) is 11.3 Å². The molecule has 3 N–H and O–H groups in total. The van der Waals surface area contributed by atoms with Crippen molar-refractivity contribution >= 4 is 27.8 Å². The van der Waals surface area contributed by atoms with Gasteiger partial charge in [0.25, 0.3) is 11.1 Å². The number of rotatable bonds is 3. The van der Waals surface area contributed by atoms with E-state index in [1.165, 1.54) is 11.3 Å². The SMILES string of the molecule is O=c1[nH][nH]c(=O)c2c(NCc3cncs3)cccc12. The molecule has 0 aliphatic carbocycles. The molecule has 3 rings (SSSR count). The number of thiazole rings is 1. The summed E-state index contributed by atoms with van der Waals surface area (Å²) in [4.78, 5) is 28.5. The summed E-state index contributed by atoms with van der Waals surface area (Å²) in [5, 5.41) is 8.54. The molecule has 2 aromatic heterocycles. The van der Waals surface area contributed by atoms with Crippen LogP contribution in [0.25, 0.3) is 10.8 Å². The van der Waals surface area contributed by atoms with Crippen LogP contribution in [-0.4, -0.2) is 15.2 Å². The van der Waals surface area contributed by atoms with Crippen LogP contribution < -0.4 is 16.4 Å². The van der Waals surface area contributed by atoms with Crippen LogP contribution in [0.5, 0.6) is 0 Å². The van der Waals surface area contributed by atoms with Crippen molar-refractivity contribution in [1.82, 2.24) is 15.2 Å². The Morgan fingerprint density at radius 2 is 2.05 bits per heavy atom.